The lowest BCUT2D eigenvalue weighted by Crippen LogP contribution is -2.46. The molecule has 2 aliphatic rings. The van der Waals surface area contributed by atoms with Gasteiger partial charge in [0.2, 0.25) is 10.0 Å². The summed E-state index contributed by atoms with van der Waals surface area (Å²) in [5.74, 6) is 0.518. The van der Waals surface area contributed by atoms with E-state index in [2.05, 4.69) is 0 Å². The van der Waals surface area contributed by atoms with Crippen LogP contribution in [0, 0.1) is 11.8 Å². The predicted molar refractivity (Wildman–Crippen MR) is 104 cm³/mol. The first-order chi connectivity index (χ1) is 13.3. The molecule has 1 aromatic carbocycles. The van der Waals surface area contributed by atoms with Crippen LogP contribution in [0.5, 0.6) is 0 Å². The molecule has 7 nitrogen and oxygen atoms in total. The van der Waals surface area contributed by atoms with Crippen molar-refractivity contribution in [3.8, 4) is 0 Å². The van der Waals surface area contributed by atoms with Gasteiger partial charge in [0, 0.05) is 27.2 Å². The SMILES string of the molecule is CN(C)S(=O)(=O)c1ccc(C(=O)OCC(=O)N2CC[C@H]3CCCC[C@H]3C2)cc1. The number of nitrogens with zero attached hydrogens (tertiary/aromatic N) is 2. The van der Waals surface area contributed by atoms with Crippen LogP contribution >= 0.6 is 0 Å². The van der Waals surface area contributed by atoms with Crippen LogP contribution in [-0.2, 0) is 19.6 Å². The van der Waals surface area contributed by atoms with E-state index in [0.717, 1.165) is 29.7 Å². The molecule has 0 N–H and O–H groups in total. The number of carbonyl (C=O) groups excluding carboxylic acids is 2. The first-order valence-corrected chi connectivity index (χ1v) is 11.2. The molecule has 1 saturated heterocycles. The molecule has 1 aliphatic heterocycles. The highest BCUT2D eigenvalue weighted by molar-refractivity contribution is 7.89. The molecule has 1 heterocycles. The number of carbonyl (C=O) groups is 2. The number of likely N-dealkylation sites (tertiary alicyclic amines) is 1. The van der Waals surface area contributed by atoms with Crippen molar-refractivity contribution in [2.24, 2.45) is 11.8 Å². The fourth-order valence-electron chi connectivity index (χ4n) is 4.10. The van der Waals surface area contributed by atoms with Gasteiger partial charge in [0.25, 0.3) is 5.91 Å². The second-order valence-electron chi connectivity index (χ2n) is 7.82. The van der Waals surface area contributed by atoms with Crippen LogP contribution < -0.4 is 0 Å². The molecule has 28 heavy (non-hydrogen) atoms. The van der Waals surface area contributed by atoms with E-state index in [1.807, 2.05) is 4.90 Å². The standard InChI is InChI=1S/C20H28N2O5S/c1-21(2)28(25,26)18-9-7-16(8-10-18)20(24)27-14-19(23)22-12-11-15-5-3-4-6-17(15)13-22/h7-10,15,17H,3-6,11-14H2,1-2H3/t15-,17+/m1/s1. The summed E-state index contributed by atoms with van der Waals surface area (Å²) in [7, 11) is -0.662. The molecule has 1 amide bonds. The number of hydrogen-bond donors (Lipinski definition) is 0. The number of ether oxygens (including phenoxy) is 1. The number of piperidine rings is 1. The van der Waals surface area contributed by atoms with Crippen molar-refractivity contribution in [3.63, 3.8) is 0 Å². The molecule has 2 atom stereocenters. The lowest BCUT2D eigenvalue weighted by Gasteiger charge is -2.41. The minimum atomic E-state index is -3.55. The third-order valence-corrected chi connectivity index (χ3v) is 7.67. The fraction of sp³-hybridized carbons (Fsp3) is 0.600. The summed E-state index contributed by atoms with van der Waals surface area (Å²) in [6.07, 6.45) is 6.00. The molecule has 0 radical (unpaired) electrons. The van der Waals surface area contributed by atoms with E-state index in [0.29, 0.717) is 5.92 Å². The van der Waals surface area contributed by atoms with E-state index in [1.54, 1.807) is 0 Å². The van der Waals surface area contributed by atoms with Crippen LogP contribution in [0.1, 0.15) is 42.5 Å². The van der Waals surface area contributed by atoms with Crippen LogP contribution in [0.2, 0.25) is 0 Å². The Labute approximate surface area is 166 Å². The number of rotatable bonds is 5. The second-order valence-corrected chi connectivity index (χ2v) is 9.97. The molecule has 1 aliphatic carbocycles. The van der Waals surface area contributed by atoms with Gasteiger partial charge in [-0.1, -0.05) is 19.3 Å². The van der Waals surface area contributed by atoms with Gasteiger partial charge in [-0.2, -0.15) is 0 Å². The maximum absolute atomic E-state index is 12.4. The summed E-state index contributed by atoms with van der Waals surface area (Å²) in [6.45, 7) is 1.21. The summed E-state index contributed by atoms with van der Waals surface area (Å²) >= 11 is 0. The van der Waals surface area contributed by atoms with Gasteiger partial charge in [-0.05, 0) is 48.9 Å². The summed E-state index contributed by atoms with van der Waals surface area (Å²) < 4.78 is 30.4. The van der Waals surface area contributed by atoms with Gasteiger partial charge in [-0.3, -0.25) is 4.79 Å². The normalized spacial score (nSPS) is 22.6. The number of amides is 1. The Morgan fingerprint density at radius 1 is 1.07 bits per heavy atom. The smallest absolute Gasteiger partial charge is 0.338 e. The van der Waals surface area contributed by atoms with E-state index in [1.165, 1.54) is 64.0 Å². The van der Waals surface area contributed by atoms with Gasteiger partial charge in [-0.25, -0.2) is 17.5 Å². The van der Waals surface area contributed by atoms with Gasteiger partial charge in [-0.15, -0.1) is 0 Å². The van der Waals surface area contributed by atoms with Gasteiger partial charge in [0.1, 0.15) is 0 Å². The fourth-order valence-corrected chi connectivity index (χ4v) is 5.00. The Morgan fingerprint density at radius 3 is 2.36 bits per heavy atom. The first kappa shape index (κ1) is 20.8. The summed E-state index contributed by atoms with van der Waals surface area (Å²) in [6, 6.07) is 5.52. The van der Waals surface area contributed by atoms with Gasteiger partial charge < -0.3 is 9.64 Å². The number of fused-ring (bicyclic) bond motifs is 1. The minimum Gasteiger partial charge on any atom is -0.452 e. The van der Waals surface area contributed by atoms with Crippen molar-refractivity contribution >= 4 is 21.9 Å². The Hall–Kier alpha value is -1.93. The lowest BCUT2D eigenvalue weighted by molar-refractivity contribution is -0.137. The Balaban J connectivity index is 1.53. The summed E-state index contributed by atoms with van der Waals surface area (Å²) in [4.78, 5) is 26.5. The van der Waals surface area contributed by atoms with Crippen LogP contribution in [0.3, 0.4) is 0 Å². The van der Waals surface area contributed by atoms with E-state index in [4.69, 9.17) is 4.74 Å². The second kappa shape index (κ2) is 8.61. The molecule has 154 valence electrons. The third-order valence-electron chi connectivity index (χ3n) is 5.84. The number of hydrogen-bond acceptors (Lipinski definition) is 5. The zero-order valence-electron chi connectivity index (χ0n) is 16.5. The summed E-state index contributed by atoms with van der Waals surface area (Å²) in [5, 5.41) is 0. The maximum atomic E-state index is 12.4. The van der Waals surface area contributed by atoms with Gasteiger partial charge in [0.15, 0.2) is 6.61 Å². The van der Waals surface area contributed by atoms with Crippen LogP contribution in [0.25, 0.3) is 0 Å². The zero-order valence-corrected chi connectivity index (χ0v) is 17.3. The quantitative estimate of drug-likeness (QED) is 0.697. The Morgan fingerprint density at radius 2 is 1.71 bits per heavy atom. The third kappa shape index (κ3) is 4.55. The van der Waals surface area contributed by atoms with Crippen molar-refractivity contribution in [1.82, 2.24) is 9.21 Å². The molecule has 8 heteroatoms. The van der Waals surface area contributed by atoms with Crippen molar-refractivity contribution in [3.05, 3.63) is 29.8 Å². The monoisotopic (exact) mass is 408 g/mol. The Bertz CT molecular complexity index is 820. The van der Waals surface area contributed by atoms with Crippen molar-refractivity contribution in [2.75, 3.05) is 33.8 Å². The maximum Gasteiger partial charge on any atom is 0.338 e. The van der Waals surface area contributed by atoms with Crippen LogP contribution in [0.15, 0.2) is 29.2 Å². The van der Waals surface area contributed by atoms with Crippen molar-refractivity contribution in [1.29, 1.82) is 0 Å². The molecular formula is C20H28N2O5S. The molecule has 0 spiro atoms. The molecule has 2 fully saturated rings. The average Bonchev–Trinajstić information content (AvgIpc) is 2.71. The highest BCUT2D eigenvalue weighted by Crippen LogP contribution is 2.36. The van der Waals surface area contributed by atoms with E-state index < -0.39 is 16.0 Å². The van der Waals surface area contributed by atoms with Gasteiger partial charge in [0.05, 0.1) is 10.5 Å². The molecule has 0 aromatic heterocycles. The first-order valence-electron chi connectivity index (χ1n) is 9.76. The van der Waals surface area contributed by atoms with Crippen LogP contribution in [-0.4, -0.2) is 63.3 Å². The average molecular weight is 409 g/mol. The predicted octanol–water partition coefficient (Wildman–Crippen LogP) is 2.13. The van der Waals surface area contributed by atoms with Crippen molar-refractivity contribution < 1.29 is 22.7 Å². The molecule has 0 unspecified atom stereocenters. The molecular weight excluding hydrogens is 380 g/mol. The van der Waals surface area contributed by atoms with Crippen molar-refractivity contribution in [2.45, 2.75) is 37.0 Å². The number of esters is 1. The molecule has 3 rings (SSSR count). The van der Waals surface area contributed by atoms with Gasteiger partial charge >= 0.3 is 5.97 Å². The van der Waals surface area contributed by atoms with E-state index in [9.17, 15) is 18.0 Å². The molecule has 0 bridgehead atoms. The Kier molecular flexibility index (Phi) is 6.40. The zero-order chi connectivity index (χ0) is 20.3. The number of benzene rings is 1. The summed E-state index contributed by atoms with van der Waals surface area (Å²) in [5.41, 5.74) is 0.219. The van der Waals surface area contributed by atoms with E-state index in [-0.39, 0.29) is 23.0 Å². The molecule has 1 aromatic rings. The van der Waals surface area contributed by atoms with Crippen LogP contribution in [0.4, 0.5) is 0 Å². The lowest BCUT2D eigenvalue weighted by atomic mass is 9.75. The minimum absolute atomic E-state index is 0.0977. The van der Waals surface area contributed by atoms with E-state index >= 15 is 0 Å². The highest BCUT2D eigenvalue weighted by Gasteiger charge is 2.33. The molecule has 1 saturated carbocycles. The number of sulfonamides is 1. The highest BCUT2D eigenvalue weighted by atomic mass is 32.2. The topological polar surface area (TPSA) is 84.0 Å². The largest absolute Gasteiger partial charge is 0.452 e.